The second-order valence-corrected chi connectivity index (χ2v) is 4.92. The Labute approximate surface area is 116 Å². The third-order valence-corrected chi connectivity index (χ3v) is 3.68. The van der Waals surface area contributed by atoms with Gasteiger partial charge in [0.1, 0.15) is 0 Å². The van der Waals surface area contributed by atoms with Crippen molar-refractivity contribution in [2.75, 3.05) is 0 Å². The van der Waals surface area contributed by atoms with Crippen LogP contribution in [0.5, 0.6) is 0 Å². The van der Waals surface area contributed by atoms with Crippen molar-refractivity contribution in [3.05, 3.63) is 63.4 Å². The standard InChI is InChI=1S/C14H13Cl2NO/c1-9-4-3-7-17-12(9)8-13(18)10-5-2-6-11(15)14(10)16/h2-7,13,18H,8H2,1H3. The normalized spacial score (nSPS) is 12.4. The van der Waals surface area contributed by atoms with Crippen molar-refractivity contribution in [3.8, 4) is 0 Å². The number of aliphatic hydroxyl groups is 1. The van der Waals surface area contributed by atoms with Gasteiger partial charge in [-0.2, -0.15) is 0 Å². The van der Waals surface area contributed by atoms with Crippen LogP contribution in [0.4, 0.5) is 0 Å². The molecule has 2 aromatic rings. The minimum atomic E-state index is -0.704. The maximum absolute atomic E-state index is 10.2. The summed E-state index contributed by atoms with van der Waals surface area (Å²) in [5, 5.41) is 11.1. The second-order valence-electron chi connectivity index (χ2n) is 4.13. The molecule has 0 fully saturated rings. The molecule has 4 heteroatoms. The molecule has 1 unspecified atom stereocenters. The molecule has 2 nitrogen and oxygen atoms in total. The molecule has 0 radical (unpaired) electrons. The maximum Gasteiger partial charge on any atom is 0.0860 e. The number of halogens is 2. The maximum atomic E-state index is 10.2. The highest BCUT2D eigenvalue weighted by Crippen LogP contribution is 2.31. The molecule has 0 spiro atoms. The van der Waals surface area contributed by atoms with Crippen LogP contribution in [0.25, 0.3) is 0 Å². The van der Waals surface area contributed by atoms with Crippen LogP contribution < -0.4 is 0 Å². The quantitative estimate of drug-likeness (QED) is 0.923. The van der Waals surface area contributed by atoms with Crippen LogP contribution in [-0.4, -0.2) is 10.1 Å². The molecule has 1 heterocycles. The molecular weight excluding hydrogens is 269 g/mol. The first-order valence-corrected chi connectivity index (χ1v) is 6.37. The molecule has 0 aliphatic carbocycles. The third-order valence-electron chi connectivity index (χ3n) is 2.85. The second kappa shape index (κ2) is 5.70. The van der Waals surface area contributed by atoms with E-state index in [1.807, 2.05) is 19.1 Å². The van der Waals surface area contributed by atoms with Gasteiger partial charge in [0.15, 0.2) is 0 Å². The summed E-state index contributed by atoms with van der Waals surface area (Å²) in [4.78, 5) is 4.26. The summed E-state index contributed by atoms with van der Waals surface area (Å²) in [7, 11) is 0. The molecule has 94 valence electrons. The minimum absolute atomic E-state index is 0.403. The summed E-state index contributed by atoms with van der Waals surface area (Å²) in [6.45, 7) is 1.97. The Balaban J connectivity index is 2.25. The first-order valence-electron chi connectivity index (χ1n) is 5.62. The Morgan fingerprint density at radius 3 is 2.72 bits per heavy atom. The Bertz CT molecular complexity index is 557. The van der Waals surface area contributed by atoms with Crippen LogP contribution in [0.3, 0.4) is 0 Å². The lowest BCUT2D eigenvalue weighted by atomic mass is 10.0. The van der Waals surface area contributed by atoms with Crippen LogP contribution in [0, 0.1) is 6.92 Å². The molecule has 0 amide bonds. The van der Waals surface area contributed by atoms with Crippen LogP contribution >= 0.6 is 23.2 Å². The van der Waals surface area contributed by atoms with Gasteiger partial charge < -0.3 is 5.11 Å². The SMILES string of the molecule is Cc1cccnc1CC(O)c1cccc(Cl)c1Cl. The summed E-state index contributed by atoms with van der Waals surface area (Å²) in [5.41, 5.74) is 2.55. The van der Waals surface area contributed by atoms with E-state index < -0.39 is 6.10 Å². The predicted molar refractivity (Wildman–Crippen MR) is 74.1 cm³/mol. The number of hydrogen-bond acceptors (Lipinski definition) is 2. The molecule has 0 saturated carbocycles. The van der Waals surface area contributed by atoms with Crippen molar-refractivity contribution < 1.29 is 5.11 Å². The number of rotatable bonds is 3. The highest BCUT2D eigenvalue weighted by molar-refractivity contribution is 6.42. The number of aromatic nitrogens is 1. The lowest BCUT2D eigenvalue weighted by molar-refractivity contribution is 0.177. The Morgan fingerprint density at radius 1 is 1.22 bits per heavy atom. The zero-order chi connectivity index (χ0) is 13.1. The largest absolute Gasteiger partial charge is 0.388 e. The van der Waals surface area contributed by atoms with Crippen molar-refractivity contribution in [2.45, 2.75) is 19.4 Å². The van der Waals surface area contributed by atoms with E-state index in [4.69, 9.17) is 23.2 Å². The summed E-state index contributed by atoms with van der Waals surface area (Å²) in [5.74, 6) is 0. The van der Waals surface area contributed by atoms with Crippen LogP contribution in [0.1, 0.15) is 22.9 Å². The molecule has 1 atom stereocenters. The lowest BCUT2D eigenvalue weighted by Crippen LogP contribution is -2.05. The van der Waals surface area contributed by atoms with Crippen molar-refractivity contribution in [1.29, 1.82) is 0 Å². The number of nitrogens with zero attached hydrogens (tertiary/aromatic N) is 1. The molecule has 1 N–H and O–H groups in total. The first kappa shape index (κ1) is 13.3. The molecule has 2 rings (SSSR count). The van der Waals surface area contributed by atoms with E-state index in [2.05, 4.69) is 4.98 Å². The first-order chi connectivity index (χ1) is 8.59. The van der Waals surface area contributed by atoms with Crippen LogP contribution in [-0.2, 0) is 6.42 Å². The molecule has 0 aliphatic rings. The summed E-state index contributed by atoms with van der Waals surface area (Å²) >= 11 is 12.0. The lowest BCUT2D eigenvalue weighted by Gasteiger charge is -2.14. The number of benzene rings is 1. The smallest absolute Gasteiger partial charge is 0.0860 e. The van der Waals surface area contributed by atoms with Gasteiger partial charge in [0.25, 0.3) is 0 Å². The zero-order valence-electron chi connectivity index (χ0n) is 9.90. The van der Waals surface area contributed by atoms with Gasteiger partial charge in [-0.25, -0.2) is 0 Å². The van der Waals surface area contributed by atoms with Crippen LogP contribution in [0.2, 0.25) is 10.0 Å². The number of aliphatic hydroxyl groups excluding tert-OH is 1. The molecule has 0 saturated heterocycles. The van der Waals surface area contributed by atoms with E-state index in [1.165, 1.54) is 0 Å². The zero-order valence-corrected chi connectivity index (χ0v) is 11.4. The average Bonchev–Trinajstić information content (AvgIpc) is 2.35. The Kier molecular flexibility index (Phi) is 4.23. The van der Waals surface area contributed by atoms with E-state index >= 15 is 0 Å². The fourth-order valence-corrected chi connectivity index (χ4v) is 2.24. The topological polar surface area (TPSA) is 33.1 Å². The third kappa shape index (κ3) is 2.83. The summed E-state index contributed by atoms with van der Waals surface area (Å²) in [6.07, 6.45) is 1.44. The van der Waals surface area contributed by atoms with Gasteiger partial charge >= 0.3 is 0 Å². The van der Waals surface area contributed by atoms with E-state index in [0.29, 0.717) is 22.0 Å². The van der Waals surface area contributed by atoms with Gasteiger partial charge in [0, 0.05) is 23.9 Å². The van der Waals surface area contributed by atoms with Gasteiger partial charge in [-0.15, -0.1) is 0 Å². The summed E-state index contributed by atoms with van der Waals surface area (Å²) < 4.78 is 0. The number of pyridine rings is 1. The monoisotopic (exact) mass is 281 g/mol. The van der Waals surface area contributed by atoms with Gasteiger partial charge in [-0.05, 0) is 24.6 Å². The number of aryl methyl sites for hydroxylation is 1. The van der Waals surface area contributed by atoms with Gasteiger partial charge in [-0.3, -0.25) is 4.98 Å². The van der Waals surface area contributed by atoms with E-state index in [-0.39, 0.29) is 0 Å². The fraction of sp³-hybridized carbons (Fsp3) is 0.214. The molecular formula is C14H13Cl2NO. The van der Waals surface area contributed by atoms with Gasteiger partial charge in [0.2, 0.25) is 0 Å². The highest BCUT2D eigenvalue weighted by atomic mass is 35.5. The minimum Gasteiger partial charge on any atom is -0.388 e. The van der Waals surface area contributed by atoms with E-state index in [1.54, 1.807) is 24.4 Å². The summed E-state index contributed by atoms with van der Waals surface area (Å²) in [6, 6.07) is 9.09. The van der Waals surface area contributed by atoms with Crippen molar-refractivity contribution in [1.82, 2.24) is 4.98 Å². The van der Waals surface area contributed by atoms with Crippen LogP contribution in [0.15, 0.2) is 36.5 Å². The van der Waals surface area contributed by atoms with E-state index in [0.717, 1.165) is 11.3 Å². The number of hydrogen-bond donors (Lipinski definition) is 1. The predicted octanol–water partition coefficient (Wildman–Crippen LogP) is 3.97. The Morgan fingerprint density at radius 2 is 2.00 bits per heavy atom. The molecule has 1 aromatic heterocycles. The molecule has 18 heavy (non-hydrogen) atoms. The van der Waals surface area contributed by atoms with Gasteiger partial charge in [-0.1, -0.05) is 41.4 Å². The van der Waals surface area contributed by atoms with Crippen molar-refractivity contribution in [2.24, 2.45) is 0 Å². The Hall–Kier alpha value is -1.09. The average molecular weight is 282 g/mol. The van der Waals surface area contributed by atoms with Gasteiger partial charge in [0.05, 0.1) is 16.1 Å². The van der Waals surface area contributed by atoms with Crippen molar-refractivity contribution >= 4 is 23.2 Å². The van der Waals surface area contributed by atoms with Crippen molar-refractivity contribution in [3.63, 3.8) is 0 Å². The van der Waals surface area contributed by atoms with E-state index in [9.17, 15) is 5.11 Å². The molecule has 1 aromatic carbocycles. The molecule has 0 bridgehead atoms. The fourth-order valence-electron chi connectivity index (χ4n) is 1.80. The highest BCUT2D eigenvalue weighted by Gasteiger charge is 2.15. The molecule has 0 aliphatic heterocycles.